The minimum Gasteiger partial charge on any atom is -0.378 e. The van der Waals surface area contributed by atoms with Crippen molar-refractivity contribution in [1.29, 1.82) is 0 Å². The maximum atomic E-state index is 13.8. The molecule has 40 heavy (non-hydrogen) atoms. The molecule has 6 rings (SSSR count). The molecule has 3 aromatic rings. The van der Waals surface area contributed by atoms with Crippen LogP contribution in [0.5, 0.6) is 0 Å². The first-order valence-electron chi connectivity index (χ1n) is 13.8. The van der Waals surface area contributed by atoms with Gasteiger partial charge in [0, 0.05) is 24.0 Å². The van der Waals surface area contributed by atoms with Crippen LogP contribution in [0.15, 0.2) is 28.2 Å². The smallest absolute Gasteiger partial charge is 0.378 e. The van der Waals surface area contributed by atoms with E-state index in [0.29, 0.717) is 37.1 Å². The Morgan fingerprint density at radius 2 is 1.88 bits per heavy atom. The number of rotatable bonds is 6. The fourth-order valence-corrected chi connectivity index (χ4v) is 8.16. The minimum atomic E-state index is -4.53. The SMILES string of the molecule is O=C(CSc1nc2sc3c(c2c(=O)n1C1CCCC1)CCCC3)Nc1cc(C(F)(F)F)ccc1N1CCOCC1. The molecule has 0 spiro atoms. The Bertz CT molecular complexity index is 1470. The van der Waals surface area contributed by atoms with Crippen LogP contribution in [0.25, 0.3) is 10.2 Å². The summed E-state index contributed by atoms with van der Waals surface area (Å²) >= 11 is 2.76. The molecule has 0 bridgehead atoms. The van der Waals surface area contributed by atoms with Crippen molar-refractivity contribution in [3.8, 4) is 0 Å². The molecule has 2 fully saturated rings. The third-order valence-electron chi connectivity index (χ3n) is 7.96. The van der Waals surface area contributed by atoms with Crippen molar-refractivity contribution in [3.05, 3.63) is 44.6 Å². The summed E-state index contributed by atoms with van der Waals surface area (Å²) in [6.45, 7) is 1.96. The van der Waals surface area contributed by atoms with Crippen LogP contribution in [0.2, 0.25) is 0 Å². The van der Waals surface area contributed by atoms with E-state index in [0.717, 1.165) is 79.3 Å². The molecular formula is C28H31F3N4O3S2. The molecule has 0 unspecified atom stereocenters. The van der Waals surface area contributed by atoms with Gasteiger partial charge in [0.05, 0.1) is 41.3 Å². The molecule has 7 nitrogen and oxygen atoms in total. The lowest BCUT2D eigenvalue weighted by Gasteiger charge is -2.31. The molecule has 3 aliphatic rings. The third-order valence-corrected chi connectivity index (χ3v) is 10.1. The van der Waals surface area contributed by atoms with Crippen molar-refractivity contribution in [2.75, 3.05) is 42.3 Å². The second kappa shape index (κ2) is 11.4. The number of thioether (sulfide) groups is 1. The number of nitrogens with zero attached hydrogens (tertiary/aromatic N) is 3. The number of nitrogens with one attached hydrogen (secondary N) is 1. The van der Waals surface area contributed by atoms with Gasteiger partial charge in [-0.25, -0.2) is 4.98 Å². The topological polar surface area (TPSA) is 76.5 Å². The summed E-state index contributed by atoms with van der Waals surface area (Å²) < 4.78 is 47.7. The van der Waals surface area contributed by atoms with Gasteiger partial charge in [-0.2, -0.15) is 13.2 Å². The van der Waals surface area contributed by atoms with Gasteiger partial charge in [-0.15, -0.1) is 11.3 Å². The summed E-state index contributed by atoms with van der Waals surface area (Å²) in [5, 5.41) is 3.96. The minimum absolute atomic E-state index is 0.0216. The highest BCUT2D eigenvalue weighted by molar-refractivity contribution is 7.99. The summed E-state index contributed by atoms with van der Waals surface area (Å²) in [6, 6.07) is 3.48. The number of alkyl halides is 3. The van der Waals surface area contributed by atoms with Crippen LogP contribution in [-0.2, 0) is 28.5 Å². The number of benzene rings is 1. The fourth-order valence-electron chi connectivity index (χ4n) is 5.99. The van der Waals surface area contributed by atoms with E-state index in [1.54, 1.807) is 15.9 Å². The summed E-state index contributed by atoms with van der Waals surface area (Å²) in [5.74, 6) is -0.522. The number of aromatic nitrogens is 2. The molecule has 1 N–H and O–H groups in total. The number of hydrogen-bond donors (Lipinski definition) is 1. The van der Waals surface area contributed by atoms with Gasteiger partial charge in [0.2, 0.25) is 5.91 Å². The number of thiophene rings is 1. The second-order valence-electron chi connectivity index (χ2n) is 10.6. The van der Waals surface area contributed by atoms with E-state index in [9.17, 15) is 22.8 Å². The average molecular weight is 593 g/mol. The highest BCUT2D eigenvalue weighted by atomic mass is 32.2. The number of ether oxygens (including phenoxy) is 1. The zero-order valence-electron chi connectivity index (χ0n) is 22.0. The number of anilines is 2. The lowest BCUT2D eigenvalue weighted by Crippen LogP contribution is -2.37. The van der Waals surface area contributed by atoms with Crippen molar-refractivity contribution in [1.82, 2.24) is 9.55 Å². The number of hydrogen-bond acceptors (Lipinski definition) is 7. The Kier molecular flexibility index (Phi) is 7.84. The van der Waals surface area contributed by atoms with E-state index in [-0.39, 0.29) is 23.0 Å². The van der Waals surface area contributed by atoms with Crippen LogP contribution in [-0.4, -0.2) is 47.5 Å². The number of halogens is 3. The highest BCUT2D eigenvalue weighted by Gasteiger charge is 2.32. The number of aryl methyl sites for hydroxylation is 2. The summed E-state index contributed by atoms with van der Waals surface area (Å²) in [5.41, 5.74) is 0.944. The maximum absolute atomic E-state index is 13.8. The summed E-state index contributed by atoms with van der Waals surface area (Å²) in [4.78, 5) is 35.8. The standard InChI is InChI=1S/C28H31F3N4O3S2/c29-28(30,31)17-9-10-21(34-11-13-38-14-12-34)20(15-17)32-23(36)16-39-27-33-25-24(19-7-3-4-8-22(19)40-25)26(37)35(27)18-5-1-2-6-18/h9-10,15,18H,1-8,11-14,16H2,(H,32,36). The summed E-state index contributed by atoms with van der Waals surface area (Å²) in [6.07, 6.45) is 3.39. The zero-order chi connectivity index (χ0) is 27.9. The van der Waals surface area contributed by atoms with E-state index in [2.05, 4.69) is 5.32 Å². The largest absolute Gasteiger partial charge is 0.416 e. The molecule has 0 radical (unpaired) electrons. The van der Waals surface area contributed by atoms with Gasteiger partial charge in [0.15, 0.2) is 5.16 Å². The predicted octanol–water partition coefficient (Wildman–Crippen LogP) is 6.04. The van der Waals surface area contributed by atoms with E-state index in [1.165, 1.54) is 22.7 Å². The van der Waals surface area contributed by atoms with Crippen molar-refractivity contribution >= 4 is 50.6 Å². The molecule has 1 saturated heterocycles. The van der Waals surface area contributed by atoms with Crippen molar-refractivity contribution in [2.45, 2.75) is 68.7 Å². The first-order chi connectivity index (χ1) is 19.3. The highest BCUT2D eigenvalue weighted by Crippen LogP contribution is 2.38. The van der Waals surface area contributed by atoms with Gasteiger partial charge < -0.3 is 15.0 Å². The van der Waals surface area contributed by atoms with E-state index < -0.39 is 17.6 Å². The van der Waals surface area contributed by atoms with Crippen molar-refractivity contribution in [3.63, 3.8) is 0 Å². The lowest BCUT2D eigenvalue weighted by atomic mass is 9.97. The summed E-state index contributed by atoms with van der Waals surface area (Å²) in [7, 11) is 0. The molecule has 1 aliphatic heterocycles. The van der Waals surface area contributed by atoms with E-state index in [1.807, 2.05) is 4.90 Å². The molecule has 12 heteroatoms. The molecule has 1 aromatic carbocycles. The maximum Gasteiger partial charge on any atom is 0.416 e. The van der Waals surface area contributed by atoms with Gasteiger partial charge in [-0.1, -0.05) is 24.6 Å². The van der Waals surface area contributed by atoms with Crippen molar-refractivity contribution in [2.24, 2.45) is 0 Å². The lowest BCUT2D eigenvalue weighted by molar-refractivity contribution is -0.137. The monoisotopic (exact) mass is 592 g/mol. The molecule has 1 amide bonds. The first-order valence-corrected chi connectivity index (χ1v) is 15.6. The Morgan fingerprint density at radius 3 is 2.62 bits per heavy atom. The number of carbonyl (C=O) groups is 1. The molecular weight excluding hydrogens is 561 g/mol. The van der Waals surface area contributed by atoms with Crippen LogP contribution in [0.1, 0.15) is 60.6 Å². The van der Waals surface area contributed by atoms with Crippen LogP contribution in [0.3, 0.4) is 0 Å². The molecule has 2 aromatic heterocycles. The van der Waals surface area contributed by atoms with Crippen LogP contribution < -0.4 is 15.8 Å². The van der Waals surface area contributed by atoms with Gasteiger partial charge in [-0.05, 0) is 62.3 Å². The second-order valence-corrected chi connectivity index (χ2v) is 12.6. The number of carbonyl (C=O) groups excluding carboxylic acids is 1. The number of morpholine rings is 1. The molecule has 214 valence electrons. The Morgan fingerprint density at radius 1 is 1.12 bits per heavy atom. The van der Waals surface area contributed by atoms with Crippen LogP contribution in [0.4, 0.5) is 24.5 Å². The zero-order valence-corrected chi connectivity index (χ0v) is 23.7. The van der Waals surface area contributed by atoms with Gasteiger partial charge >= 0.3 is 6.18 Å². The Balaban J connectivity index is 1.28. The fraction of sp³-hybridized carbons (Fsp3) is 0.536. The quantitative estimate of drug-likeness (QED) is 0.278. The predicted molar refractivity (Wildman–Crippen MR) is 152 cm³/mol. The van der Waals surface area contributed by atoms with Crippen LogP contribution in [0, 0.1) is 0 Å². The molecule has 3 heterocycles. The molecule has 1 saturated carbocycles. The molecule has 0 atom stereocenters. The van der Waals surface area contributed by atoms with Gasteiger partial charge in [-0.3, -0.25) is 14.2 Å². The van der Waals surface area contributed by atoms with E-state index >= 15 is 0 Å². The first kappa shape index (κ1) is 27.6. The normalized spacial score (nSPS) is 18.3. The van der Waals surface area contributed by atoms with E-state index in [4.69, 9.17) is 9.72 Å². The number of amides is 1. The van der Waals surface area contributed by atoms with Gasteiger partial charge in [0.25, 0.3) is 5.56 Å². The van der Waals surface area contributed by atoms with Crippen molar-refractivity contribution < 1.29 is 22.7 Å². The Labute approximate surface area is 238 Å². The van der Waals surface area contributed by atoms with Crippen LogP contribution >= 0.6 is 23.1 Å². The van der Waals surface area contributed by atoms with Gasteiger partial charge in [0.1, 0.15) is 4.83 Å². The molecule has 2 aliphatic carbocycles. The third kappa shape index (κ3) is 5.49. The average Bonchev–Trinajstić information content (AvgIpc) is 3.60. The number of fused-ring (bicyclic) bond motifs is 3. The Hall–Kier alpha value is -2.57.